The first-order chi connectivity index (χ1) is 12.8. The highest BCUT2D eigenvalue weighted by molar-refractivity contribution is 6.34. The van der Waals surface area contributed by atoms with E-state index >= 15 is 0 Å². The molecule has 1 amide bonds. The van der Waals surface area contributed by atoms with E-state index < -0.39 is 22.9 Å². The fourth-order valence-electron chi connectivity index (χ4n) is 2.26. The molecule has 1 aliphatic rings. The van der Waals surface area contributed by atoms with Crippen LogP contribution in [0, 0.1) is 10.1 Å². The molecule has 0 saturated carbocycles. The molecule has 3 rings (SSSR count). The maximum atomic E-state index is 12.2. The van der Waals surface area contributed by atoms with Crippen LogP contribution >= 0.6 is 11.6 Å². The number of carbonyl (C=O) groups is 2. The Kier molecular flexibility index (Phi) is 5.13. The molecule has 0 bridgehead atoms. The van der Waals surface area contributed by atoms with Crippen molar-refractivity contribution in [2.24, 2.45) is 0 Å². The van der Waals surface area contributed by atoms with Gasteiger partial charge >= 0.3 is 5.97 Å². The van der Waals surface area contributed by atoms with Crippen LogP contribution in [0.3, 0.4) is 0 Å². The Morgan fingerprint density at radius 1 is 1.22 bits per heavy atom. The fourth-order valence-corrected chi connectivity index (χ4v) is 2.48. The second-order valence-electron chi connectivity index (χ2n) is 5.53. The summed E-state index contributed by atoms with van der Waals surface area (Å²) in [4.78, 5) is 34.5. The van der Waals surface area contributed by atoms with Crippen LogP contribution in [0.25, 0.3) is 0 Å². The van der Waals surface area contributed by atoms with Crippen LogP contribution in [0.4, 0.5) is 11.4 Å². The number of carbonyl (C=O) groups excluding carboxylic acids is 2. The number of fused-ring (bicyclic) bond motifs is 1. The number of nitrogens with zero attached hydrogens (tertiary/aromatic N) is 1. The second kappa shape index (κ2) is 7.50. The molecule has 1 unspecified atom stereocenters. The number of ether oxygens (including phenoxy) is 3. The van der Waals surface area contributed by atoms with Crippen LogP contribution in [-0.4, -0.2) is 29.7 Å². The first kappa shape index (κ1) is 18.5. The number of esters is 1. The first-order valence-corrected chi connectivity index (χ1v) is 8.08. The summed E-state index contributed by atoms with van der Waals surface area (Å²) in [5.74, 6) is -0.421. The number of benzene rings is 2. The molecule has 1 heterocycles. The fraction of sp³-hybridized carbons (Fsp3) is 0.176. The topological polar surface area (TPSA) is 117 Å². The largest absolute Gasteiger partial charge is 0.454 e. The smallest absolute Gasteiger partial charge is 0.339 e. The third-order valence-corrected chi connectivity index (χ3v) is 4.00. The van der Waals surface area contributed by atoms with E-state index in [0.29, 0.717) is 11.5 Å². The Bertz CT molecular complexity index is 931. The van der Waals surface area contributed by atoms with Crippen molar-refractivity contribution < 1.29 is 28.7 Å². The van der Waals surface area contributed by atoms with Gasteiger partial charge in [0, 0.05) is 12.1 Å². The summed E-state index contributed by atoms with van der Waals surface area (Å²) >= 11 is 5.93. The van der Waals surface area contributed by atoms with E-state index in [9.17, 15) is 19.7 Å². The van der Waals surface area contributed by atoms with Crippen molar-refractivity contribution in [1.82, 2.24) is 0 Å². The van der Waals surface area contributed by atoms with E-state index in [2.05, 4.69) is 5.32 Å². The third-order valence-electron chi connectivity index (χ3n) is 3.68. The standard InChI is InChI=1S/C17H13ClN2O7/c1-9(16(21)19-13-4-3-11(20(23)24)7-12(13)18)27-17(22)10-2-5-14-15(6-10)26-8-25-14/h2-7,9H,8H2,1H3,(H,19,21). The highest BCUT2D eigenvalue weighted by Crippen LogP contribution is 2.32. The zero-order chi connectivity index (χ0) is 19.6. The number of nitrogens with one attached hydrogen (secondary N) is 1. The molecule has 0 saturated heterocycles. The number of rotatable bonds is 5. The molecule has 0 spiro atoms. The minimum atomic E-state index is -1.13. The third kappa shape index (κ3) is 4.09. The first-order valence-electron chi connectivity index (χ1n) is 7.70. The van der Waals surface area contributed by atoms with Crippen molar-refractivity contribution in [3.8, 4) is 11.5 Å². The normalized spacial score (nSPS) is 13.0. The van der Waals surface area contributed by atoms with Crippen LogP contribution in [0.15, 0.2) is 36.4 Å². The van der Waals surface area contributed by atoms with E-state index in [1.54, 1.807) is 6.07 Å². The van der Waals surface area contributed by atoms with Gasteiger partial charge in [-0.05, 0) is 31.2 Å². The predicted molar refractivity (Wildman–Crippen MR) is 94.2 cm³/mol. The molecule has 0 aliphatic carbocycles. The summed E-state index contributed by atoms with van der Waals surface area (Å²) in [7, 11) is 0. The summed E-state index contributed by atoms with van der Waals surface area (Å²) in [5.41, 5.74) is 0.158. The highest BCUT2D eigenvalue weighted by Gasteiger charge is 2.22. The number of nitro benzene ring substituents is 1. The Morgan fingerprint density at radius 2 is 1.96 bits per heavy atom. The molecule has 2 aromatic carbocycles. The van der Waals surface area contributed by atoms with Gasteiger partial charge in [0.1, 0.15) is 0 Å². The molecule has 27 heavy (non-hydrogen) atoms. The molecule has 1 N–H and O–H groups in total. The molecular formula is C17H13ClN2O7. The van der Waals surface area contributed by atoms with Crippen molar-refractivity contribution in [3.63, 3.8) is 0 Å². The Morgan fingerprint density at radius 3 is 2.67 bits per heavy atom. The van der Waals surface area contributed by atoms with Gasteiger partial charge in [0.15, 0.2) is 17.6 Å². The molecule has 0 radical (unpaired) electrons. The van der Waals surface area contributed by atoms with Crippen LogP contribution in [0.1, 0.15) is 17.3 Å². The lowest BCUT2D eigenvalue weighted by Crippen LogP contribution is -2.30. The molecule has 10 heteroatoms. The van der Waals surface area contributed by atoms with Crippen molar-refractivity contribution >= 4 is 34.9 Å². The van der Waals surface area contributed by atoms with Crippen LogP contribution < -0.4 is 14.8 Å². The predicted octanol–water partition coefficient (Wildman–Crippen LogP) is 3.16. The minimum Gasteiger partial charge on any atom is -0.454 e. The van der Waals surface area contributed by atoms with Gasteiger partial charge in [0.25, 0.3) is 11.6 Å². The summed E-state index contributed by atoms with van der Waals surface area (Å²) < 4.78 is 15.5. The SMILES string of the molecule is CC(OC(=O)c1ccc2c(c1)OCO2)C(=O)Nc1ccc([N+](=O)[O-])cc1Cl. The Labute approximate surface area is 157 Å². The summed E-state index contributed by atoms with van der Waals surface area (Å²) in [6.45, 7) is 1.46. The Hall–Kier alpha value is -3.33. The zero-order valence-electron chi connectivity index (χ0n) is 13.9. The van der Waals surface area contributed by atoms with Gasteiger partial charge in [-0.3, -0.25) is 14.9 Å². The van der Waals surface area contributed by atoms with Crippen molar-refractivity contribution in [3.05, 3.63) is 57.1 Å². The van der Waals surface area contributed by atoms with E-state index in [-0.39, 0.29) is 28.8 Å². The van der Waals surface area contributed by atoms with Crippen molar-refractivity contribution in [1.29, 1.82) is 0 Å². The molecule has 0 aromatic heterocycles. The number of anilines is 1. The van der Waals surface area contributed by atoms with Gasteiger partial charge in [-0.25, -0.2) is 4.79 Å². The molecule has 0 fully saturated rings. The number of halogens is 1. The number of nitro groups is 1. The van der Waals surface area contributed by atoms with Gasteiger partial charge in [-0.2, -0.15) is 0 Å². The summed E-state index contributed by atoms with van der Waals surface area (Å²) in [6.07, 6.45) is -1.13. The van der Waals surface area contributed by atoms with Gasteiger partial charge in [-0.1, -0.05) is 11.6 Å². The molecule has 1 atom stereocenters. The lowest BCUT2D eigenvalue weighted by molar-refractivity contribution is -0.384. The molecule has 2 aromatic rings. The monoisotopic (exact) mass is 392 g/mol. The number of amides is 1. The summed E-state index contributed by atoms with van der Waals surface area (Å²) in [6, 6.07) is 8.13. The van der Waals surface area contributed by atoms with Gasteiger partial charge < -0.3 is 19.5 Å². The van der Waals surface area contributed by atoms with E-state index in [1.165, 1.54) is 31.2 Å². The quantitative estimate of drug-likeness (QED) is 0.471. The van der Waals surface area contributed by atoms with Gasteiger partial charge in [0.2, 0.25) is 6.79 Å². The van der Waals surface area contributed by atoms with Gasteiger partial charge in [0.05, 0.1) is 21.2 Å². The lowest BCUT2D eigenvalue weighted by atomic mass is 10.2. The van der Waals surface area contributed by atoms with Crippen LogP contribution in [0.2, 0.25) is 5.02 Å². The molecular weight excluding hydrogens is 380 g/mol. The van der Waals surface area contributed by atoms with Gasteiger partial charge in [-0.15, -0.1) is 0 Å². The Balaban J connectivity index is 1.64. The molecule has 9 nitrogen and oxygen atoms in total. The van der Waals surface area contributed by atoms with E-state index in [1.807, 2.05) is 0 Å². The number of hydrogen-bond acceptors (Lipinski definition) is 7. The number of hydrogen-bond donors (Lipinski definition) is 1. The van der Waals surface area contributed by atoms with Crippen molar-refractivity contribution in [2.45, 2.75) is 13.0 Å². The highest BCUT2D eigenvalue weighted by atomic mass is 35.5. The molecule has 140 valence electrons. The summed E-state index contributed by atoms with van der Waals surface area (Å²) in [5, 5.41) is 13.2. The lowest BCUT2D eigenvalue weighted by Gasteiger charge is -2.14. The minimum absolute atomic E-state index is 0.00755. The average molecular weight is 393 g/mol. The molecule has 1 aliphatic heterocycles. The second-order valence-corrected chi connectivity index (χ2v) is 5.93. The van der Waals surface area contributed by atoms with E-state index in [0.717, 1.165) is 6.07 Å². The maximum Gasteiger partial charge on any atom is 0.339 e. The van der Waals surface area contributed by atoms with E-state index in [4.69, 9.17) is 25.8 Å². The number of non-ortho nitro benzene ring substituents is 1. The maximum absolute atomic E-state index is 12.2. The average Bonchev–Trinajstić information content (AvgIpc) is 3.10. The zero-order valence-corrected chi connectivity index (χ0v) is 14.7. The van der Waals surface area contributed by atoms with Crippen LogP contribution in [-0.2, 0) is 9.53 Å². The van der Waals surface area contributed by atoms with Crippen molar-refractivity contribution in [2.75, 3.05) is 12.1 Å². The van der Waals surface area contributed by atoms with Crippen LogP contribution in [0.5, 0.6) is 11.5 Å².